The standard InChI is InChI=1S/C19H27N3O3/c1-5-8-9-14(6-2)18(23)22-17(20-19(21-22)25-7-3)15-10-12-16(24-4)13-11-15/h10-14H,5-9H2,1-4H3. The summed E-state index contributed by atoms with van der Waals surface area (Å²) in [6.07, 6.45) is 3.73. The van der Waals surface area contributed by atoms with E-state index in [1.807, 2.05) is 38.1 Å². The van der Waals surface area contributed by atoms with Gasteiger partial charge in [0.1, 0.15) is 5.75 Å². The van der Waals surface area contributed by atoms with Crippen molar-refractivity contribution in [3.8, 4) is 23.1 Å². The second kappa shape index (κ2) is 9.20. The fourth-order valence-electron chi connectivity index (χ4n) is 2.69. The number of unbranched alkanes of at least 4 members (excludes halogenated alkanes) is 1. The highest BCUT2D eigenvalue weighted by atomic mass is 16.5. The zero-order valence-electron chi connectivity index (χ0n) is 15.5. The summed E-state index contributed by atoms with van der Waals surface area (Å²) in [6.45, 7) is 6.48. The van der Waals surface area contributed by atoms with E-state index in [2.05, 4.69) is 17.0 Å². The van der Waals surface area contributed by atoms with Crippen LogP contribution in [0.1, 0.15) is 51.2 Å². The van der Waals surface area contributed by atoms with Gasteiger partial charge in [0, 0.05) is 11.5 Å². The van der Waals surface area contributed by atoms with Crippen molar-refractivity contribution in [3.05, 3.63) is 24.3 Å². The summed E-state index contributed by atoms with van der Waals surface area (Å²) in [5, 5.41) is 4.30. The number of ether oxygens (including phenoxy) is 2. The van der Waals surface area contributed by atoms with Crippen LogP contribution in [0.2, 0.25) is 0 Å². The highest BCUT2D eigenvalue weighted by Crippen LogP contribution is 2.25. The van der Waals surface area contributed by atoms with E-state index in [1.165, 1.54) is 4.68 Å². The fourth-order valence-corrected chi connectivity index (χ4v) is 2.69. The van der Waals surface area contributed by atoms with Gasteiger partial charge in [-0.1, -0.05) is 26.7 Å². The molecule has 6 nitrogen and oxygen atoms in total. The maximum absolute atomic E-state index is 13.0. The highest BCUT2D eigenvalue weighted by Gasteiger charge is 2.24. The predicted molar refractivity (Wildman–Crippen MR) is 97.1 cm³/mol. The third kappa shape index (κ3) is 4.59. The lowest BCUT2D eigenvalue weighted by molar-refractivity contribution is 0.0804. The first kappa shape index (κ1) is 19.0. The molecule has 2 rings (SSSR count). The molecule has 0 spiro atoms. The molecule has 0 saturated carbocycles. The van der Waals surface area contributed by atoms with E-state index in [4.69, 9.17) is 9.47 Å². The molecule has 0 bridgehead atoms. The van der Waals surface area contributed by atoms with E-state index in [0.29, 0.717) is 12.4 Å². The molecule has 0 aliphatic rings. The second-order valence-corrected chi connectivity index (χ2v) is 5.88. The maximum Gasteiger partial charge on any atom is 0.336 e. The van der Waals surface area contributed by atoms with Crippen LogP contribution in [-0.2, 0) is 0 Å². The lowest BCUT2D eigenvalue weighted by atomic mass is 9.98. The summed E-state index contributed by atoms with van der Waals surface area (Å²) in [4.78, 5) is 17.4. The minimum absolute atomic E-state index is 0.0276. The second-order valence-electron chi connectivity index (χ2n) is 5.88. The maximum atomic E-state index is 13.0. The molecule has 1 unspecified atom stereocenters. The zero-order valence-corrected chi connectivity index (χ0v) is 15.5. The molecule has 0 aliphatic carbocycles. The van der Waals surface area contributed by atoms with Crippen molar-refractivity contribution in [1.29, 1.82) is 0 Å². The van der Waals surface area contributed by atoms with Crippen LogP contribution in [0.15, 0.2) is 24.3 Å². The van der Waals surface area contributed by atoms with Gasteiger partial charge in [0.2, 0.25) is 0 Å². The van der Waals surface area contributed by atoms with Gasteiger partial charge in [-0.3, -0.25) is 4.79 Å². The van der Waals surface area contributed by atoms with Gasteiger partial charge < -0.3 is 9.47 Å². The van der Waals surface area contributed by atoms with Crippen LogP contribution in [0.5, 0.6) is 11.8 Å². The summed E-state index contributed by atoms with van der Waals surface area (Å²) in [5.74, 6) is 1.17. The Morgan fingerprint density at radius 1 is 1.20 bits per heavy atom. The summed E-state index contributed by atoms with van der Waals surface area (Å²) in [7, 11) is 1.62. The first-order valence-electron chi connectivity index (χ1n) is 8.93. The largest absolute Gasteiger partial charge is 0.497 e. The first-order valence-corrected chi connectivity index (χ1v) is 8.93. The number of nitrogens with zero attached hydrogens (tertiary/aromatic N) is 3. The molecule has 0 saturated heterocycles. The normalized spacial score (nSPS) is 12.0. The number of carbonyl (C=O) groups is 1. The van der Waals surface area contributed by atoms with Crippen LogP contribution < -0.4 is 9.47 Å². The summed E-state index contributed by atoms with van der Waals surface area (Å²) < 4.78 is 12.0. The number of hydrogen-bond acceptors (Lipinski definition) is 5. The quantitative estimate of drug-likeness (QED) is 0.681. The van der Waals surface area contributed by atoms with Crippen molar-refractivity contribution in [1.82, 2.24) is 14.8 Å². The van der Waals surface area contributed by atoms with Gasteiger partial charge in [-0.2, -0.15) is 9.67 Å². The van der Waals surface area contributed by atoms with Gasteiger partial charge >= 0.3 is 6.01 Å². The summed E-state index contributed by atoms with van der Waals surface area (Å²) in [5.41, 5.74) is 0.804. The molecule has 1 atom stereocenters. The van der Waals surface area contributed by atoms with Crippen molar-refractivity contribution in [3.63, 3.8) is 0 Å². The Morgan fingerprint density at radius 3 is 2.48 bits per heavy atom. The topological polar surface area (TPSA) is 66.2 Å². The molecular formula is C19H27N3O3. The fraction of sp³-hybridized carbons (Fsp3) is 0.526. The number of methoxy groups -OCH3 is 1. The van der Waals surface area contributed by atoms with Gasteiger partial charge in [0.25, 0.3) is 5.91 Å². The number of carbonyl (C=O) groups excluding carboxylic acids is 1. The van der Waals surface area contributed by atoms with E-state index in [0.717, 1.165) is 37.0 Å². The smallest absolute Gasteiger partial charge is 0.336 e. The molecule has 0 fully saturated rings. The molecular weight excluding hydrogens is 318 g/mol. The lowest BCUT2D eigenvalue weighted by Crippen LogP contribution is -2.23. The molecule has 1 aromatic carbocycles. The van der Waals surface area contributed by atoms with Crippen molar-refractivity contribution >= 4 is 5.91 Å². The van der Waals surface area contributed by atoms with Gasteiger partial charge in [-0.05, 0) is 44.0 Å². The summed E-state index contributed by atoms with van der Waals surface area (Å²) >= 11 is 0. The van der Waals surface area contributed by atoms with E-state index in [9.17, 15) is 4.79 Å². The van der Waals surface area contributed by atoms with Gasteiger partial charge in [-0.15, -0.1) is 5.10 Å². The SMILES string of the molecule is CCCCC(CC)C(=O)n1nc(OCC)nc1-c1ccc(OC)cc1. The van der Waals surface area contributed by atoms with Crippen molar-refractivity contribution in [2.75, 3.05) is 13.7 Å². The Kier molecular flexibility index (Phi) is 6.98. The zero-order chi connectivity index (χ0) is 18.2. The van der Waals surface area contributed by atoms with Crippen LogP contribution >= 0.6 is 0 Å². The molecule has 136 valence electrons. The van der Waals surface area contributed by atoms with Crippen LogP contribution in [0.4, 0.5) is 0 Å². The average molecular weight is 345 g/mol. The van der Waals surface area contributed by atoms with Crippen molar-refractivity contribution in [2.24, 2.45) is 5.92 Å². The van der Waals surface area contributed by atoms with E-state index >= 15 is 0 Å². The molecule has 1 heterocycles. The molecule has 6 heteroatoms. The Balaban J connectivity index is 2.39. The monoisotopic (exact) mass is 345 g/mol. The molecule has 2 aromatic rings. The van der Waals surface area contributed by atoms with E-state index in [1.54, 1.807) is 7.11 Å². The van der Waals surface area contributed by atoms with Crippen LogP contribution in [0, 0.1) is 5.92 Å². The van der Waals surface area contributed by atoms with E-state index < -0.39 is 0 Å². The summed E-state index contributed by atoms with van der Waals surface area (Å²) in [6, 6.07) is 7.65. The van der Waals surface area contributed by atoms with Crippen LogP contribution in [0.25, 0.3) is 11.4 Å². The number of hydrogen-bond donors (Lipinski definition) is 0. The van der Waals surface area contributed by atoms with Crippen molar-refractivity contribution < 1.29 is 14.3 Å². The lowest BCUT2D eigenvalue weighted by Gasteiger charge is -2.14. The average Bonchev–Trinajstić information content (AvgIpc) is 3.06. The third-order valence-electron chi connectivity index (χ3n) is 4.17. The molecule has 1 aromatic heterocycles. The minimum atomic E-state index is -0.0619. The van der Waals surface area contributed by atoms with Gasteiger partial charge in [-0.25, -0.2) is 0 Å². The molecule has 0 N–H and O–H groups in total. The number of benzene rings is 1. The highest BCUT2D eigenvalue weighted by molar-refractivity contribution is 5.84. The Morgan fingerprint density at radius 2 is 1.92 bits per heavy atom. The van der Waals surface area contributed by atoms with Gasteiger partial charge in [0.05, 0.1) is 13.7 Å². The number of aromatic nitrogens is 3. The Labute approximate surface area is 149 Å². The minimum Gasteiger partial charge on any atom is -0.497 e. The molecule has 0 aliphatic heterocycles. The first-order chi connectivity index (χ1) is 12.1. The number of rotatable bonds is 9. The van der Waals surface area contributed by atoms with Crippen LogP contribution in [0.3, 0.4) is 0 Å². The molecule has 0 amide bonds. The third-order valence-corrected chi connectivity index (χ3v) is 4.17. The predicted octanol–water partition coefficient (Wildman–Crippen LogP) is 4.21. The Hall–Kier alpha value is -2.37. The van der Waals surface area contributed by atoms with Crippen molar-refractivity contribution in [2.45, 2.75) is 46.5 Å². The molecule has 25 heavy (non-hydrogen) atoms. The van der Waals surface area contributed by atoms with Crippen LogP contribution in [-0.4, -0.2) is 34.4 Å². The molecule has 0 radical (unpaired) electrons. The Bertz CT molecular complexity index is 680. The van der Waals surface area contributed by atoms with E-state index in [-0.39, 0.29) is 17.8 Å². The van der Waals surface area contributed by atoms with Gasteiger partial charge in [0.15, 0.2) is 5.82 Å².